The number of halogens is 1. The highest BCUT2D eigenvalue weighted by molar-refractivity contribution is 6.34. The molecule has 5 heterocycles. The lowest BCUT2D eigenvalue weighted by molar-refractivity contribution is 0.262. The van der Waals surface area contributed by atoms with Crippen LogP contribution in [0.25, 0.3) is 11.0 Å². The monoisotopic (exact) mass is 531 g/mol. The number of nitrogens with two attached hydrogens (primary N) is 1. The van der Waals surface area contributed by atoms with Crippen molar-refractivity contribution in [2.45, 2.75) is 26.8 Å². The Labute approximate surface area is 226 Å². The summed E-state index contributed by atoms with van der Waals surface area (Å²) in [5, 5.41) is 0.988. The quantitative estimate of drug-likeness (QED) is 0.296. The summed E-state index contributed by atoms with van der Waals surface area (Å²) in [5.41, 5.74) is 10.2. The van der Waals surface area contributed by atoms with E-state index in [0.29, 0.717) is 22.7 Å². The number of nitrogens with zero attached hydrogens (tertiary/aromatic N) is 8. The summed E-state index contributed by atoms with van der Waals surface area (Å²) >= 11 is 6.51. The van der Waals surface area contributed by atoms with Gasteiger partial charge in [-0.05, 0) is 19.9 Å². The second-order valence-corrected chi connectivity index (χ2v) is 9.58. The zero-order chi connectivity index (χ0) is 26.6. The van der Waals surface area contributed by atoms with Crippen LogP contribution in [0.3, 0.4) is 0 Å². The maximum absolute atomic E-state index is 6.51. The highest BCUT2D eigenvalue weighted by atomic mass is 35.5. The van der Waals surface area contributed by atoms with E-state index in [2.05, 4.69) is 46.6 Å². The van der Waals surface area contributed by atoms with Crippen LogP contribution in [-0.4, -0.2) is 74.2 Å². The van der Waals surface area contributed by atoms with E-state index in [1.54, 1.807) is 19.5 Å². The molecule has 0 aromatic carbocycles. The minimum absolute atomic E-state index is 0.118. The molecule has 11 heteroatoms. The van der Waals surface area contributed by atoms with Gasteiger partial charge in [0.2, 0.25) is 11.9 Å². The molecule has 0 spiro atoms. The van der Waals surface area contributed by atoms with E-state index in [0.717, 1.165) is 73.2 Å². The highest BCUT2D eigenvalue weighted by Gasteiger charge is 2.19. The first kappa shape index (κ1) is 25.7. The van der Waals surface area contributed by atoms with E-state index in [-0.39, 0.29) is 5.95 Å². The van der Waals surface area contributed by atoms with E-state index in [9.17, 15) is 0 Å². The molecule has 0 saturated carbocycles. The smallest absolute Gasteiger partial charge is 0.225 e. The zero-order valence-corrected chi connectivity index (χ0v) is 22.5. The van der Waals surface area contributed by atoms with Gasteiger partial charge >= 0.3 is 0 Å². The van der Waals surface area contributed by atoms with Crippen molar-refractivity contribution in [3.05, 3.63) is 58.4 Å². The normalized spacial score (nSPS) is 13.9. The van der Waals surface area contributed by atoms with Crippen molar-refractivity contribution in [1.29, 1.82) is 0 Å². The van der Waals surface area contributed by atoms with Crippen molar-refractivity contribution in [3.63, 3.8) is 0 Å². The van der Waals surface area contributed by atoms with Gasteiger partial charge in [-0.3, -0.25) is 9.88 Å². The number of rotatable bonds is 6. The summed E-state index contributed by atoms with van der Waals surface area (Å²) in [6, 6.07) is 1.83. The molecule has 0 aliphatic carbocycles. The number of ether oxygens (including phenoxy) is 1. The average Bonchev–Trinajstić information content (AvgIpc) is 3.26. The molecule has 0 bridgehead atoms. The third-order valence-corrected chi connectivity index (χ3v) is 7.02. The Morgan fingerprint density at radius 1 is 1.08 bits per heavy atom. The van der Waals surface area contributed by atoms with Crippen LogP contribution in [0.5, 0.6) is 5.75 Å². The fraction of sp³-hybridized carbons (Fsp3) is 0.370. The van der Waals surface area contributed by atoms with Gasteiger partial charge in [0.1, 0.15) is 16.5 Å². The Morgan fingerprint density at radius 2 is 1.84 bits per heavy atom. The summed E-state index contributed by atoms with van der Waals surface area (Å²) in [5.74, 6) is 8.35. The van der Waals surface area contributed by atoms with E-state index < -0.39 is 0 Å². The molecule has 0 radical (unpaired) electrons. The van der Waals surface area contributed by atoms with Gasteiger partial charge in [-0.15, -0.1) is 0 Å². The Hall–Kier alpha value is -3.94. The molecule has 5 rings (SSSR count). The molecule has 1 saturated heterocycles. The van der Waals surface area contributed by atoms with E-state index >= 15 is 0 Å². The Balaban J connectivity index is 1.31. The van der Waals surface area contributed by atoms with Gasteiger partial charge in [0.15, 0.2) is 0 Å². The van der Waals surface area contributed by atoms with Gasteiger partial charge in [-0.1, -0.05) is 23.4 Å². The first-order valence-electron chi connectivity index (χ1n) is 12.5. The summed E-state index contributed by atoms with van der Waals surface area (Å²) in [6.45, 7) is 9.04. The van der Waals surface area contributed by atoms with Gasteiger partial charge in [0.05, 0.1) is 30.3 Å². The molecule has 1 fully saturated rings. The average molecular weight is 532 g/mol. The van der Waals surface area contributed by atoms with Gasteiger partial charge < -0.3 is 19.9 Å². The minimum atomic E-state index is 0.118. The molecule has 0 amide bonds. The maximum atomic E-state index is 6.51. The standard InChI is InChI=1S/C27H30ClN9O/c1-18-15-32-21(19(2)23(18)38-3)17-37-16-20(22-24(28)33-26(29)34-25(22)37)7-4-5-10-35-11-13-36(14-12-35)27-30-8-6-9-31-27/h6,8-9,15-16H,5,10-14,17H2,1-3H3,(H2,29,33,34). The molecule has 1 aliphatic rings. The number of nitrogen functional groups attached to an aromatic ring is 1. The van der Waals surface area contributed by atoms with E-state index in [1.165, 1.54) is 0 Å². The van der Waals surface area contributed by atoms with Crippen molar-refractivity contribution < 1.29 is 4.74 Å². The molecule has 196 valence electrons. The lowest BCUT2D eigenvalue weighted by Crippen LogP contribution is -2.47. The molecule has 0 unspecified atom stereocenters. The van der Waals surface area contributed by atoms with Crippen LogP contribution in [0.1, 0.15) is 28.8 Å². The van der Waals surface area contributed by atoms with Gasteiger partial charge in [0, 0.05) is 75.1 Å². The molecule has 1 aliphatic heterocycles. The summed E-state index contributed by atoms with van der Waals surface area (Å²) in [6.07, 6.45) is 8.06. The number of hydrogen-bond donors (Lipinski definition) is 1. The van der Waals surface area contributed by atoms with Crippen LogP contribution in [0.2, 0.25) is 5.15 Å². The Kier molecular flexibility index (Phi) is 7.58. The number of piperazine rings is 1. The summed E-state index contributed by atoms with van der Waals surface area (Å²) in [7, 11) is 1.67. The van der Waals surface area contributed by atoms with Gasteiger partial charge in [-0.2, -0.15) is 4.98 Å². The SMILES string of the molecule is COc1c(C)cnc(Cn2cc(C#CCCN3CCN(c4ncccn4)CC3)c3c(Cl)nc(N)nc32)c1C. The molecule has 4 aromatic heterocycles. The number of pyridine rings is 1. The Morgan fingerprint density at radius 3 is 2.58 bits per heavy atom. The predicted octanol–water partition coefficient (Wildman–Crippen LogP) is 3.09. The zero-order valence-electron chi connectivity index (χ0n) is 21.8. The van der Waals surface area contributed by atoms with Crippen LogP contribution >= 0.6 is 11.6 Å². The maximum Gasteiger partial charge on any atom is 0.225 e. The van der Waals surface area contributed by atoms with Crippen molar-refractivity contribution in [3.8, 4) is 17.6 Å². The lowest BCUT2D eigenvalue weighted by Gasteiger charge is -2.34. The molecule has 0 atom stereocenters. The third-order valence-electron chi connectivity index (χ3n) is 6.74. The molecule has 38 heavy (non-hydrogen) atoms. The van der Waals surface area contributed by atoms with E-state index in [1.807, 2.05) is 36.9 Å². The topological polar surface area (TPSA) is 111 Å². The van der Waals surface area contributed by atoms with E-state index in [4.69, 9.17) is 22.1 Å². The number of aryl methyl sites for hydroxylation is 1. The molecule has 4 aromatic rings. The number of methoxy groups -OCH3 is 1. The fourth-order valence-corrected chi connectivity index (χ4v) is 5.04. The Bertz CT molecular complexity index is 1500. The van der Waals surface area contributed by atoms with Crippen molar-refractivity contribution in [2.75, 3.05) is 50.5 Å². The molecule has 10 nitrogen and oxygen atoms in total. The largest absolute Gasteiger partial charge is 0.496 e. The fourth-order valence-electron chi connectivity index (χ4n) is 4.76. The van der Waals surface area contributed by atoms with Crippen LogP contribution in [0, 0.1) is 25.7 Å². The predicted molar refractivity (Wildman–Crippen MR) is 148 cm³/mol. The first-order chi connectivity index (χ1) is 18.4. The number of hydrogen-bond acceptors (Lipinski definition) is 9. The van der Waals surface area contributed by atoms with Crippen LogP contribution in [0.15, 0.2) is 30.9 Å². The van der Waals surface area contributed by atoms with Crippen LogP contribution in [-0.2, 0) is 6.54 Å². The second kappa shape index (κ2) is 11.2. The lowest BCUT2D eigenvalue weighted by atomic mass is 10.1. The van der Waals surface area contributed by atoms with Crippen LogP contribution in [0.4, 0.5) is 11.9 Å². The van der Waals surface area contributed by atoms with Crippen molar-refractivity contribution >= 4 is 34.5 Å². The summed E-state index contributed by atoms with van der Waals surface area (Å²) in [4.78, 5) is 26.6. The molecular formula is C27H30ClN9O. The number of anilines is 2. The van der Waals surface area contributed by atoms with Gasteiger partial charge in [-0.25, -0.2) is 15.0 Å². The van der Waals surface area contributed by atoms with Gasteiger partial charge in [0.25, 0.3) is 0 Å². The van der Waals surface area contributed by atoms with Crippen LogP contribution < -0.4 is 15.4 Å². The van der Waals surface area contributed by atoms with Crippen molar-refractivity contribution in [2.24, 2.45) is 0 Å². The summed E-state index contributed by atoms with van der Waals surface area (Å²) < 4.78 is 7.55. The number of aromatic nitrogens is 6. The van der Waals surface area contributed by atoms with Crippen molar-refractivity contribution in [1.82, 2.24) is 34.4 Å². The highest BCUT2D eigenvalue weighted by Crippen LogP contribution is 2.29. The number of fused-ring (bicyclic) bond motifs is 1. The molecule has 2 N–H and O–H groups in total. The molecular weight excluding hydrogens is 502 g/mol. The minimum Gasteiger partial charge on any atom is -0.496 e. The first-order valence-corrected chi connectivity index (χ1v) is 12.9. The third kappa shape index (κ3) is 5.35. The second-order valence-electron chi connectivity index (χ2n) is 9.22.